The van der Waals surface area contributed by atoms with Crippen LogP contribution >= 0.6 is 11.6 Å². The summed E-state index contributed by atoms with van der Waals surface area (Å²) in [4.78, 5) is 4.54. The lowest BCUT2D eigenvalue weighted by molar-refractivity contribution is 0.280. The molecule has 0 atom stereocenters. The molecular weight excluding hydrogens is 238 g/mol. The summed E-state index contributed by atoms with van der Waals surface area (Å²) < 4.78 is 2.09. The highest BCUT2D eigenvalue weighted by Crippen LogP contribution is 2.21. The number of benzene rings is 1. The van der Waals surface area contributed by atoms with Gasteiger partial charge in [-0.15, -0.1) is 0 Å². The number of nitrogens with zero attached hydrogens (tertiary/aromatic N) is 2. The van der Waals surface area contributed by atoms with Crippen LogP contribution in [0.5, 0.6) is 0 Å². The summed E-state index contributed by atoms with van der Waals surface area (Å²) in [6, 6.07) is 5.65. The molecule has 2 aromatic rings. The zero-order valence-electron chi connectivity index (χ0n) is 9.56. The molecule has 0 saturated carbocycles. The van der Waals surface area contributed by atoms with E-state index in [4.69, 9.17) is 22.4 Å². The van der Waals surface area contributed by atoms with Gasteiger partial charge in [-0.3, -0.25) is 0 Å². The third-order valence-corrected chi connectivity index (χ3v) is 2.93. The highest BCUT2D eigenvalue weighted by atomic mass is 35.5. The lowest BCUT2D eigenvalue weighted by Crippen LogP contribution is -2.10. The predicted molar refractivity (Wildman–Crippen MR) is 69.2 cm³/mol. The van der Waals surface area contributed by atoms with Crippen LogP contribution in [-0.2, 0) is 13.0 Å². The van der Waals surface area contributed by atoms with Crippen molar-refractivity contribution in [1.82, 2.24) is 9.55 Å². The average Bonchev–Trinajstić information content (AvgIpc) is 2.64. The molecule has 3 N–H and O–H groups in total. The summed E-state index contributed by atoms with van der Waals surface area (Å²) in [5.41, 5.74) is 7.52. The zero-order valence-corrected chi connectivity index (χ0v) is 10.3. The minimum Gasteiger partial charge on any atom is -0.396 e. The second-order valence-electron chi connectivity index (χ2n) is 3.93. The maximum atomic E-state index is 8.93. The second kappa shape index (κ2) is 5.49. The number of aliphatic hydroxyl groups is 1. The monoisotopic (exact) mass is 253 g/mol. The number of imidazole rings is 1. The molecule has 0 unspecified atom stereocenters. The summed E-state index contributed by atoms with van der Waals surface area (Å²) in [6.07, 6.45) is 1.44. The number of aliphatic hydroxyl groups excluding tert-OH is 1. The normalized spacial score (nSPS) is 11.2. The van der Waals surface area contributed by atoms with Gasteiger partial charge < -0.3 is 15.4 Å². The Hall–Kier alpha value is -1.10. The van der Waals surface area contributed by atoms with Crippen molar-refractivity contribution < 1.29 is 5.11 Å². The Labute approximate surface area is 105 Å². The van der Waals surface area contributed by atoms with Crippen molar-refractivity contribution in [2.24, 2.45) is 5.73 Å². The van der Waals surface area contributed by atoms with Gasteiger partial charge in [0.2, 0.25) is 0 Å². The quantitative estimate of drug-likeness (QED) is 0.850. The van der Waals surface area contributed by atoms with Crippen molar-refractivity contribution >= 4 is 22.6 Å². The number of aryl methyl sites for hydroxylation is 1. The maximum Gasteiger partial charge on any atom is 0.111 e. The Morgan fingerprint density at radius 1 is 1.41 bits per heavy atom. The molecule has 92 valence electrons. The number of halogens is 1. The minimum atomic E-state index is 0.169. The fourth-order valence-electron chi connectivity index (χ4n) is 1.94. The van der Waals surface area contributed by atoms with Gasteiger partial charge in [-0.2, -0.15) is 0 Å². The largest absolute Gasteiger partial charge is 0.396 e. The lowest BCUT2D eigenvalue weighted by Gasteiger charge is -2.07. The standard InChI is InChI=1S/C12H16ClN3O/c13-9-2-3-10-11(8-9)16(6-1-7-17)12(15-10)4-5-14/h2-3,8,17H,1,4-7,14H2. The Bertz CT molecular complexity index is 510. The molecule has 0 bridgehead atoms. The Balaban J connectivity index is 2.47. The second-order valence-corrected chi connectivity index (χ2v) is 4.36. The molecule has 0 aliphatic rings. The molecule has 0 aliphatic heterocycles. The molecule has 5 heteroatoms. The number of aromatic nitrogens is 2. The molecule has 0 radical (unpaired) electrons. The van der Waals surface area contributed by atoms with Gasteiger partial charge in [-0.05, 0) is 31.2 Å². The third kappa shape index (κ3) is 2.60. The minimum absolute atomic E-state index is 0.169. The van der Waals surface area contributed by atoms with E-state index in [0.717, 1.165) is 29.8 Å². The number of hydrogen-bond acceptors (Lipinski definition) is 3. The first-order chi connectivity index (χ1) is 8.26. The van der Waals surface area contributed by atoms with E-state index in [1.165, 1.54) is 0 Å². The number of rotatable bonds is 5. The summed E-state index contributed by atoms with van der Waals surface area (Å²) in [5, 5.41) is 9.62. The number of hydrogen-bond donors (Lipinski definition) is 2. The van der Waals surface area contributed by atoms with Crippen LogP contribution in [0.1, 0.15) is 12.2 Å². The highest BCUT2D eigenvalue weighted by Gasteiger charge is 2.10. The Morgan fingerprint density at radius 3 is 2.94 bits per heavy atom. The number of fused-ring (bicyclic) bond motifs is 1. The van der Waals surface area contributed by atoms with Crippen LogP contribution in [0.15, 0.2) is 18.2 Å². The van der Waals surface area contributed by atoms with Gasteiger partial charge in [0.1, 0.15) is 5.82 Å². The fourth-order valence-corrected chi connectivity index (χ4v) is 2.11. The van der Waals surface area contributed by atoms with E-state index < -0.39 is 0 Å². The first-order valence-corrected chi connectivity index (χ1v) is 6.09. The van der Waals surface area contributed by atoms with Gasteiger partial charge in [0, 0.05) is 24.6 Å². The van der Waals surface area contributed by atoms with E-state index in [9.17, 15) is 0 Å². The molecule has 1 aromatic carbocycles. The molecule has 1 heterocycles. The topological polar surface area (TPSA) is 64.1 Å². The van der Waals surface area contributed by atoms with E-state index in [1.54, 1.807) is 0 Å². The maximum absolute atomic E-state index is 8.93. The summed E-state index contributed by atoms with van der Waals surface area (Å²) >= 11 is 6.00. The molecule has 2 rings (SSSR count). The van der Waals surface area contributed by atoms with Gasteiger partial charge in [-0.1, -0.05) is 11.6 Å². The smallest absolute Gasteiger partial charge is 0.111 e. The van der Waals surface area contributed by atoms with E-state index in [1.807, 2.05) is 18.2 Å². The molecule has 1 aromatic heterocycles. The molecule has 0 saturated heterocycles. The highest BCUT2D eigenvalue weighted by molar-refractivity contribution is 6.31. The molecule has 0 amide bonds. The van der Waals surface area contributed by atoms with Crippen LogP contribution in [0.3, 0.4) is 0 Å². The third-order valence-electron chi connectivity index (χ3n) is 2.70. The van der Waals surface area contributed by atoms with Gasteiger partial charge in [0.05, 0.1) is 11.0 Å². The molecule has 0 aliphatic carbocycles. The van der Waals surface area contributed by atoms with Gasteiger partial charge in [0.25, 0.3) is 0 Å². The van der Waals surface area contributed by atoms with E-state index in [-0.39, 0.29) is 6.61 Å². The van der Waals surface area contributed by atoms with Gasteiger partial charge in [-0.25, -0.2) is 4.98 Å². The van der Waals surface area contributed by atoms with Crippen molar-refractivity contribution in [3.05, 3.63) is 29.0 Å². The van der Waals surface area contributed by atoms with Gasteiger partial charge >= 0.3 is 0 Å². The van der Waals surface area contributed by atoms with Crippen molar-refractivity contribution in [1.29, 1.82) is 0 Å². The van der Waals surface area contributed by atoms with Gasteiger partial charge in [0.15, 0.2) is 0 Å². The van der Waals surface area contributed by atoms with Crippen molar-refractivity contribution in [3.63, 3.8) is 0 Å². The lowest BCUT2D eigenvalue weighted by atomic mass is 10.3. The molecule has 4 nitrogen and oxygen atoms in total. The summed E-state index contributed by atoms with van der Waals surface area (Å²) in [7, 11) is 0. The first kappa shape index (κ1) is 12.4. The van der Waals surface area contributed by atoms with Crippen LogP contribution in [0.4, 0.5) is 0 Å². The van der Waals surface area contributed by atoms with E-state index in [0.29, 0.717) is 18.0 Å². The van der Waals surface area contributed by atoms with E-state index >= 15 is 0 Å². The fraction of sp³-hybridized carbons (Fsp3) is 0.417. The Kier molecular flexibility index (Phi) is 3.99. The van der Waals surface area contributed by atoms with Crippen molar-refractivity contribution in [2.45, 2.75) is 19.4 Å². The molecule has 0 fully saturated rings. The van der Waals surface area contributed by atoms with Crippen molar-refractivity contribution in [3.8, 4) is 0 Å². The van der Waals surface area contributed by atoms with Crippen LogP contribution in [0.25, 0.3) is 11.0 Å². The zero-order chi connectivity index (χ0) is 12.3. The molecular formula is C12H16ClN3O. The Morgan fingerprint density at radius 2 is 2.24 bits per heavy atom. The SMILES string of the molecule is NCCc1nc2ccc(Cl)cc2n1CCCO. The predicted octanol–water partition coefficient (Wildman–Crippen LogP) is 1.57. The van der Waals surface area contributed by atoms with Crippen LogP contribution < -0.4 is 5.73 Å². The number of nitrogens with two attached hydrogens (primary N) is 1. The van der Waals surface area contributed by atoms with E-state index in [2.05, 4.69) is 9.55 Å². The van der Waals surface area contributed by atoms with Crippen LogP contribution in [0.2, 0.25) is 5.02 Å². The van der Waals surface area contributed by atoms with Crippen LogP contribution in [-0.4, -0.2) is 27.8 Å². The van der Waals surface area contributed by atoms with Crippen LogP contribution in [0, 0.1) is 0 Å². The first-order valence-electron chi connectivity index (χ1n) is 5.72. The molecule has 17 heavy (non-hydrogen) atoms. The summed E-state index contributed by atoms with van der Waals surface area (Å²) in [5.74, 6) is 0.957. The summed E-state index contributed by atoms with van der Waals surface area (Å²) in [6.45, 7) is 1.47. The molecule has 0 spiro atoms. The van der Waals surface area contributed by atoms with Crippen molar-refractivity contribution in [2.75, 3.05) is 13.2 Å². The average molecular weight is 254 g/mol.